The van der Waals surface area contributed by atoms with Gasteiger partial charge in [0.2, 0.25) is 0 Å². The highest BCUT2D eigenvalue weighted by molar-refractivity contribution is 5.91. The van der Waals surface area contributed by atoms with Gasteiger partial charge in [0.05, 0.1) is 0 Å². The SMILES string of the molecule is N#C/C(=C\C=C\c1ccc(O)cc1)C(=O)O. The van der Waals surface area contributed by atoms with Gasteiger partial charge in [0.15, 0.2) is 0 Å². The van der Waals surface area contributed by atoms with E-state index in [4.69, 9.17) is 15.5 Å². The Kier molecular flexibility index (Phi) is 3.87. The topological polar surface area (TPSA) is 81.3 Å². The lowest BCUT2D eigenvalue weighted by Crippen LogP contribution is -1.96. The van der Waals surface area contributed by atoms with Crippen molar-refractivity contribution in [2.45, 2.75) is 0 Å². The molecule has 0 heterocycles. The molecule has 0 saturated carbocycles. The number of allylic oxidation sites excluding steroid dienone is 2. The Balaban J connectivity index is 2.79. The number of nitrogens with zero attached hydrogens (tertiary/aromatic N) is 1. The quantitative estimate of drug-likeness (QED) is 0.458. The molecule has 0 aromatic heterocycles. The van der Waals surface area contributed by atoms with E-state index in [2.05, 4.69) is 0 Å². The Hall–Kier alpha value is -2.54. The average Bonchev–Trinajstić information content (AvgIpc) is 2.26. The predicted molar refractivity (Wildman–Crippen MR) is 58.5 cm³/mol. The number of nitriles is 1. The molecule has 2 N–H and O–H groups in total. The lowest BCUT2D eigenvalue weighted by atomic mass is 10.2. The normalized spacial score (nSPS) is 11.3. The molecule has 4 nitrogen and oxygen atoms in total. The van der Waals surface area contributed by atoms with E-state index in [1.165, 1.54) is 24.3 Å². The number of hydrogen-bond acceptors (Lipinski definition) is 3. The molecule has 1 aromatic rings. The van der Waals surface area contributed by atoms with Gasteiger partial charge in [-0.3, -0.25) is 0 Å². The van der Waals surface area contributed by atoms with E-state index in [0.29, 0.717) is 0 Å². The van der Waals surface area contributed by atoms with Crippen molar-refractivity contribution in [3.05, 3.63) is 47.6 Å². The predicted octanol–water partition coefficient (Wildman–Crippen LogP) is 1.94. The van der Waals surface area contributed by atoms with Crippen LogP contribution in [0.15, 0.2) is 42.0 Å². The van der Waals surface area contributed by atoms with Crippen LogP contribution in [0.5, 0.6) is 5.75 Å². The zero-order valence-corrected chi connectivity index (χ0v) is 8.29. The summed E-state index contributed by atoms with van der Waals surface area (Å²) >= 11 is 0. The van der Waals surface area contributed by atoms with E-state index < -0.39 is 5.97 Å². The molecule has 0 radical (unpaired) electrons. The number of carbonyl (C=O) groups is 1. The van der Waals surface area contributed by atoms with Gasteiger partial charge < -0.3 is 10.2 Å². The Morgan fingerprint density at radius 1 is 1.31 bits per heavy atom. The number of aromatic hydroxyl groups is 1. The summed E-state index contributed by atoms with van der Waals surface area (Å²) in [5.41, 5.74) is 0.478. The van der Waals surface area contributed by atoms with Gasteiger partial charge in [0, 0.05) is 0 Å². The number of carboxylic acid groups (broad SMARTS) is 1. The molecule has 0 saturated heterocycles. The van der Waals surface area contributed by atoms with Crippen molar-refractivity contribution >= 4 is 12.0 Å². The van der Waals surface area contributed by atoms with Gasteiger partial charge in [-0.1, -0.05) is 24.3 Å². The van der Waals surface area contributed by atoms with Gasteiger partial charge in [-0.15, -0.1) is 0 Å². The Labute approximate surface area is 92.4 Å². The lowest BCUT2D eigenvalue weighted by Gasteiger charge is -1.92. The second-order valence-corrected chi connectivity index (χ2v) is 2.95. The largest absolute Gasteiger partial charge is 0.508 e. The van der Waals surface area contributed by atoms with Crippen LogP contribution in [-0.2, 0) is 4.79 Å². The summed E-state index contributed by atoms with van der Waals surface area (Å²) in [4.78, 5) is 10.5. The number of phenolic OH excluding ortho intramolecular Hbond substituents is 1. The molecule has 0 amide bonds. The molecule has 4 heteroatoms. The first kappa shape index (κ1) is 11.5. The summed E-state index contributed by atoms with van der Waals surface area (Å²) in [6.07, 6.45) is 4.33. The minimum Gasteiger partial charge on any atom is -0.508 e. The Morgan fingerprint density at radius 3 is 2.44 bits per heavy atom. The van der Waals surface area contributed by atoms with Crippen LogP contribution >= 0.6 is 0 Å². The summed E-state index contributed by atoms with van der Waals surface area (Å²) in [5.74, 6) is -1.09. The van der Waals surface area contributed by atoms with Crippen LogP contribution < -0.4 is 0 Å². The molecule has 16 heavy (non-hydrogen) atoms. The first-order valence-corrected chi connectivity index (χ1v) is 4.44. The van der Waals surface area contributed by atoms with Gasteiger partial charge in [0.1, 0.15) is 17.4 Å². The van der Waals surface area contributed by atoms with Gasteiger partial charge in [-0.25, -0.2) is 4.79 Å². The molecule has 1 rings (SSSR count). The third-order valence-electron chi connectivity index (χ3n) is 1.80. The second kappa shape index (κ2) is 5.37. The van der Waals surface area contributed by atoms with Crippen molar-refractivity contribution in [3.8, 4) is 11.8 Å². The molecule has 80 valence electrons. The lowest BCUT2D eigenvalue weighted by molar-refractivity contribution is -0.132. The monoisotopic (exact) mass is 215 g/mol. The molecule has 0 unspecified atom stereocenters. The van der Waals surface area contributed by atoms with E-state index in [1.54, 1.807) is 24.3 Å². The minimum absolute atomic E-state index is 0.163. The van der Waals surface area contributed by atoms with Crippen LogP contribution in [0.25, 0.3) is 6.08 Å². The standard InChI is InChI=1S/C12H9NO3/c13-8-10(12(15)16)3-1-2-9-4-6-11(14)7-5-9/h1-7,14H,(H,15,16)/b2-1+,10-3+. The highest BCUT2D eigenvalue weighted by Crippen LogP contribution is 2.10. The third kappa shape index (κ3) is 3.31. The summed E-state index contributed by atoms with van der Waals surface area (Å²) in [6, 6.07) is 7.95. The highest BCUT2D eigenvalue weighted by atomic mass is 16.4. The first-order valence-electron chi connectivity index (χ1n) is 4.44. The molecule has 1 aromatic carbocycles. The van der Waals surface area contributed by atoms with Gasteiger partial charge in [-0.05, 0) is 23.8 Å². The average molecular weight is 215 g/mol. The fourth-order valence-corrected chi connectivity index (χ4v) is 0.997. The molecule has 0 aliphatic rings. The van der Waals surface area contributed by atoms with Crippen molar-refractivity contribution in [2.24, 2.45) is 0 Å². The van der Waals surface area contributed by atoms with Gasteiger partial charge in [-0.2, -0.15) is 5.26 Å². The van der Waals surface area contributed by atoms with E-state index in [0.717, 1.165) is 5.56 Å². The fraction of sp³-hybridized carbons (Fsp3) is 0. The van der Waals surface area contributed by atoms with Crippen molar-refractivity contribution < 1.29 is 15.0 Å². The zero-order chi connectivity index (χ0) is 12.0. The summed E-state index contributed by atoms with van der Waals surface area (Å²) in [7, 11) is 0. The maximum atomic E-state index is 10.5. The van der Waals surface area contributed by atoms with E-state index in [1.807, 2.05) is 0 Å². The number of rotatable bonds is 3. The Bertz CT molecular complexity index is 478. The molecule has 0 bridgehead atoms. The number of phenols is 1. The van der Waals surface area contributed by atoms with Crippen molar-refractivity contribution in [1.29, 1.82) is 5.26 Å². The molecule has 0 aliphatic carbocycles. The summed E-state index contributed by atoms with van der Waals surface area (Å²) in [6.45, 7) is 0. The van der Waals surface area contributed by atoms with Crippen LogP contribution in [0.3, 0.4) is 0 Å². The molecule has 0 aliphatic heterocycles. The van der Waals surface area contributed by atoms with Crippen LogP contribution in [0.4, 0.5) is 0 Å². The number of carboxylic acids is 1. The number of hydrogen-bond donors (Lipinski definition) is 2. The third-order valence-corrected chi connectivity index (χ3v) is 1.80. The maximum absolute atomic E-state index is 10.5. The van der Waals surface area contributed by atoms with Crippen LogP contribution in [0.2, 0.25) is 0 Å². The van der Waals surface area contributed by atoms with Crippen molar-refractivity contribution in [3.63, 3.8) is 0 Å². The van der Waals surface area contributed by atoms with E-state index >= 15 is 0 Å². The van der Waals surface area contributed by atoms with Crippen LogP contribution in [0, 0.1) is 11.3 Å². The molecule has 0 atom stereocenters. The molecular formula is C12H9NO3. The zero-order valence-electron chi connectivity index (χ0n) is 8.29. The Morgan fingerprint density at radius 2 is 1.94 bits per heavy atom. The molecule has 0 fully saturated rings. The number of benzene rings is 1. The van der Waals surface area contributed by atoms with Gasteiger partial charge >= 0.3 is 5.97 Å². The molecule has 0 spiro atoms. The number of aliphatic carboxylic acids is 1. The van der Waals surface area contributed by atoms with Gasteiger partial charge in [0.25, 0.3) is 0 Å². The summed E-state index contributed by atoms with van der Waals surface area (Å²) < 4.78 is 0. The second-order valence-electron chi connectivity index (χ2n) is 2.95. The maximum Gasteiger partial charge on any atom is 0.346 e. The summed E-state index contributed by atoms with van der Waals surface area (Å²) in [5, 5.41) is 26.0. The first-order chi connectivity index (χ1) is 7.63. The van der Waals surface area contributed by atoms with E-state index in [9.17, 15) is 4.79 Å². The van der Waals surface area contributed by atoms with E-state index in [-0.39, 0.29) is 11.3 Å². The highest BCUT2D eigenvalue weighted by Gasteiger charge is 2.02. The smallest absolute Gasteiger partial charge is 0.346 e. The molecular weight excluding hydrogens is 206 g/mol. The van der Waals surface area contributed by atoms with Crippen molar-refractivity contribution in [2.75, 3.05) is 0 Å². The fourth-order valence-electron chi connectivity index (χ4n) is 0.997. The van der Waals surface area contributed by atoms with Crippen LogP contribution in [0.1, 0.15) is 5.56 Å². The minimum atomic E-state index is -1.25. The van der Waals surface area contributed by atoms with Crippen molar-refractivity contribution in [1.82, 2.24) is 0 Å². The van der Waals surface area contributed by atoms with Crippen LogP contribution in [-0.4, -0.2) is 16.2 Å².